The molecule has 0 saturated heterocycles. The summed E-state index contributed by atoms with van der Waals surface area (Å²) in [5, 5.41) is 0.551. The lowest BCUT2D eigenvalue weighted by molar-refractivity contribution is -0.116. The van der Waals surface area contributed by atoms with Crippen molar-refractivity contribution in [3.63, 3.8) is 0 Å². The maximum atomic E-state index is 12.5. The van der Waals surface area contributed by atoms with Crippen molar-refractivity contribution < 1.29 is 9.21 Å². The van der Waals surface area contributed by atoms with Crippen LogP contribution in [0.5, 0.6) is 0 Å². The lowest BCUT2D eigenvalue weighted by Gasteiger charge is -2.26. The quantitative estimate of drug-likeness (QED) is 0.788. The van der Waals surface area contributed by atoms with Crippen molar-refractivity contribution >= 4 is 23.4 Å². The van der Waals surface area contributed by atoms with Gasteiger partial charge in [-0.2, -0.15) is 0 Å². The molecule has 0 radical (unpaired) electrons. The van der Waals surface area contributed by atoms with Gasteiger partial charge in [-0.1, -0.05) is 30.0 Å². The third kappa shape index (κ3) is 3.88. The molecule has 0 N–H and O–H groups in total. The van der Waals surface area contributed by atoms with Gasteiger partial charge >= 0.3 is 0 Å². The Kier molecular flexibility index (Phi) is 5.07. The largest absolute Gasteiger partial charge is 0.437 e. The van der Waals surface area contributed by atoms with Crippen molar-refractivity contribution in [2.45, 2.75) is 39.0 Å². The summed E-state index contributed by atoms with van der Waals surface area (Å²) in [5.41, 5.74) is 1.78. The molecule has 0 saturated carbocycles. The Labute approximate surface area is 129 Å². The molecule has 112 valence electrons. The molecule has 0 aliphatic rings. The van der Waals surface area contributed by atoms with Crippen molar-refractivity contribution in [3.8, 4) is 0 Å². The van der Waals surface area contributed by atoms with Crippen LogP contribution in [0.25, 0.3) is 0 Å². The van der Waals surface area contributed by atoms with E-state index in [0.717, 1.165) is 17.1 Å². The molecule has 21 heavy (non-hydrogen) atoms. The third-order valence-corrected chi connectivity index (χ3v) is 3.96. The van der Waals surface area contributed by atoms with E-state index in [1.807, 2.05) is 58.0 Å². The van der Waals surface area contributed by atoms with Gasteiger partial charge in [-0.15, -0.1) is 0 Å². The fourth-order valence-corrected chi connectivity index (χ4v) is 2.79. The maximum Gasteiger partial charge on any atom is 0.256 e. The van der Waals surface area contributed by atoms with E-state index in [1.54, 1.807) is 4.90 Å². The SMILES string of the molecule is Cc1nc(SCC(=O)N(c2ccccc2)C(C)C)oc1C. The minimum atomic E-state index is 0.0507. The molecule has 0 fully saturated rings. The fraction of sp³-hybridized carbons (Fsp3) is 0.375. The summed E-state index contributed by atoms with van der Waals surface area (Å²) in [6.45, 7) is 7.79. The van der Waals surface area contributed by atoms with Crippen LogP contribution in [-0.2, 0) is 4.79 Å². The molecule has 2 aromatic rings. The standard InChI is InChI=1S/C16H20N2O2S/c1-11(2)18(14-8-6-5-7-9-14)15(19)10-21-16-17-12(3)13(4)20-16/h5-9,11H,10H2,1-4H3. The summed E-state index contributed by atoms with van der Waals surface area (Å²) in [4.78, 5) is 18.6. The van der Waals surface area contributed by atoms with Crippen LogP contribution in [-0.4, -0.2) is 22.7 Å². The average Bonchev–Trinajstić information content (AvgIpc) is 2.76. The molecule has 0 aliphatic carbocycles. The number of thioether (sulfide) groups is 1. The number of hydrogen-bond acceptors (Lipinski definition) is 4. The zero-order valence-corrected chi connectivity index (χ0v) is 13.6. The number of oxazole rings is 1. The number of anilines is 1. The minimum absolute atomic E-state index is 0.0507. The fourth-order valence-electron chi connectivity index (χ4n) is 2.02. The number of aromatic nitrogens is 1. The van der Waals surface area contributed by atoms with Crippen LogP contribution in [0, 0.1) is 13.8 Å². The molecule has 1 aromatic carbocycles. The summed E-state index contributed by atoms with van der Waals surface area (Å²) in [6.07, 6.45) is 0. The second-order valence-electron chi connectivity index (χ2n) is 5.10. The predicted octanol–water partition coefficient (Wildman–Crippen LogP) is 3.83. The van der Waals surface area contributed by atoms with Crippen LogP contribution in [0.1, 0.15) is 25.3 Å². The van der Waals surface area contributed by atoms with E-state index in [2.05, 4.69) is 4.98 Å². The van der Waals surface area contributed by atoms with Crippen LogP contribution in [0.15, 0.2) is 40.0 Å². The Bertz CT molecular complexity index is 588. The summed E-state index contributed by atoms with van der Waals surface area (Å²) in [5.74, 6) is 1.16. The van der Waals surface area contributed by atoms with Crippen LogP contribution >= 0.6 is 11.8 Å². The topological polar surface area (TPSA) is 46.3 Å². The first-order chi connectivity index (χ1) is 9.99. The molecular weight excluding hydrogens is 284 g/mol. The van der Waals surface area contributed by atoms with E-state index >= 15 is 0 Å². The first-order valence-corrected chi connectivity index (χ1v) is 7.91. The van der Waals surface area contributed by atoms with Crippen LogP contribution < -0.4 is 4.90 Å². The second-order valence-corrected chi connectivity index (χ2v) is 6.03. The first kappa shape index (κ1) is 15.6. The van der Waals surface area contributed by atoms with Crippen molar-refractivity contribution in [2.75, 3.05) is 10.7 Å². The maximum absolute atomic E-state index is 12.5. The van der Waals surface area contributed by atoms with Gasteiger partial charge in [-0.3, -0.25) is 4.79 Å². The minimum Gasteiger partial charge on any atom is -0.437 e. The molecule has 2 rings (SSSR count). The number of nitrogens with zero attached hydrogens (tertiary/aromatic N) is 2. The number of aryl methyl sites for hydroxylation is 2. The van der Waals surface area contributed by atoms with Crippen molar-refractivity contribution in [1.82, 2.24) is 4.98 Å². The number of rotatable bonds is 5. The van der Waals surface area contributed by atoms with Gasteiger partial charge in [-0.25, -0.2) is 4.98 Å². The number of para-hydroxylation sites is 1. The zero-order chi connectivity index (χ0) is 15.4. The molecule has 4 nitrogen and oxygen atoms in total. The molecule has 0 spiro atoms. The highest BCUT2D eigenvalue weighted by Gasteiger charge is 2.20. The van der Waals surface area contributed by atoms with Gasteiger partial charge in [0.15, 0.2) is 0 Å². The van der Waals surface area contributed by atoms with E-state index in [9.17, 15) is 4.79 Å². The summed E-state index contributed by atoms with van der Waals surface area (Å²) in [6, 6.07) is 9.81. The Balaban J connectivity index is 2.06. The normalized spacial score (nSPS) is 10.9. The van der Waals surface area contributed by atoms with Crippen molar-refractivity contribution in [2.24, 2.45) is 0 Å². The smallest absolute Gasteiger partial charge is 0.256 e. The molecule has 0 atom stereocenters. The monoisotopic (exact) mass is 304 g/mol. The summed E-state index contributed by atoms with van der Waals surface area (Å²) >= 11 is 1.33. The van der Waals surface area contributed by atoms with Gasteiger partial charge < -0.3 is 9.32 Å². The van der Waals surface area contributed by atoms with Crippen molar-refractivity contribution in [1.29, 1.82) is 0 Å². The third-order valence-electron chi connectivity index (χ3n) is 3.15. The lowest BCUT2D eigenvalue weighted by atomic mass is 10.2. The van der Waals surface area contributed by atoms with Gasteiger partial charge in [0.05, 0.1) is 11.4 Å². The molecular formula is C16H20N2O2S. The molecule has 0 aliphatic heterocycles. The van der Waals surface area contributed by atoms with Gasteiger partial charge in [0.1, 0.15) is 5.76 Å². The van der Waals surface area contributed by atoms with Crippen LogP contribution in [0.3, 0.4) is 0 Å². The van der Waals surface area contributed by atoms with E-state index in [1.165, 1.54) is 11.8 Å². The Hall–Kier alpha value is -1.75. The van der Waals surface area contributed by atoms with Gasteiger partial charge in [0.2, 0.25) is 5.91 Å². The Morgan fingerprint density at radius 1 is 1.29 bits per heavy atom. The molecule has 1 heterocycles. The number of carbonyl (C=O) groups is 1. The van der Waals surface area contributed by atoms with Crippen LogP contribution in [0.4, 0.5) is 5.69 Å². The van der Waals surface area contributed by atoms with Crippen molar-refractivity contribution in [3.05, 3.63) is 41.8 Å². The number of hydrogen-bond donors (Lipinski definition) is 0. The molecule has 0 bridgehead atoms. The molecule has 5 heteroatoms. The Morgan fingerprint density at radius 3 is 2.48 bits per heavy atom. The van der Waals surface area contributed by atoms with Gasteiger partial charge in [0, 0.05) is 11.7 Å². The van der Waals surface area contributed by atoms with Crippen LogP contribution in [0.2, 0.25) is 0 Å². The molecule has 0 unspecified atom stereocenters. The highest BCUT2D eigenvalue weighted by Crippen LogP contribution is 2.23. The highest BCUT2D eigenvalue weighted by molar-refractivity contribution is 7.99. The van der Waals surface area contributed by atoms with E-state index in [-0.39, 0.29) is 11.9 Å². The molecule has 1 amide bonds. The van der Waals surface area contributed by atoms with Gasteiger partial charge in [-0.05, 0) is 39.8 Å². The number of carbonyl (C=O) groups excluding carboxylic acids is 1. The Morgan fingerprint density at radius 2 is 1.95 bits per heavy atom. The summed E-state index contributed by atoms with van der Waals surface area (Å²) in [7, 11) is 0. The van der Waals surface area contributed by atoms with E-state index in [4.69, 9.17) is 4.42 Å². The van der Waals surface area contributed by atoms with E-state index in [0.29, 0.717) is 11.0 Å². The van der Waals surface area contributed by atoms with Gasteiger partial charge in [0.25, 0.3) is 5.22 Å². The first-order valence-electron chi connectivity index (χ1n) is 6.93. The lowest BCUT2D eigenvalue weighted by Crippen LogP contribution is -2.38. The van der Waals surface area contributed by atoms with E-state index < -0.39 is 0 Å². The predicted molar refractivity (Wildman–Crippen MR) is 85.8 cm³/mol. The molecule has 1 aromatic heterocycles. The second kappa shape index (κ2) is 6.80. The summed E-state index contributed by atoms with van der Waals surface area (Å²) < 4.78 is 5.49. The average molecular weight is 304 g/mol. The number of amides is 1. The zero-order valence-electron chi connectivity index (χ0n) is 12.8. The number of benzene rings is 1. The highest BCUT2D eigenvalue weighted by atomic mass is 32.2.